The zero-order valence-corrected chi connectivity index (χ0v) is 28.1. The van der Waals surface area contributed by atoms with Crippen LogP contribution in [0.2, 0.25) is 0 Å². The minimum absolute atomic E-state index is 0.00175. The summed E-state index contributed by atoms with van der Waals surface area (Å²) in [4.78, 5) is 0. The van der Waals surface area contributed by atoms with E-state index < -0.39 is 48.8 Å². The molecule has 0 amide bonds. The molecule has 1 saturated heterocycles. The molecule has 15 atom stereocenters. The Morgan fingerprint density at radius 3 is 2.14 bits per heavy atom. The molecule has 0 aromatic heterocycles. The van der Waals surface area contributed by atoms with Gasteiger partial charge in [0.15, 0.2) is 6.29 Å². The normalized spacial score (nSPS) is 56.9. The highest BCUT2D eigenvalue weighted by Gasteiger charge is 2.69. The van der Waals surface area contributed by atoms with Crippen LogP contribution in [0.3, 0.4) is 0 Å². The van der Waals surface area contributed by atoms with E-state index in [9.17, 15) is 30.6 Å². The van der Waals surface area contributed by atoms with Crippen LogP contribution in [0, 0.1) is 50.2 Å². The maximum absolute atomic E-state index is 11.9. The lowest BCUT2D eigenvalue weighted by Crippen LogP contribution is -2.67. The Kier molecular flexibility index (Phi) is 8.11. The molecule has 5 aliphatic carbocycles. The van der Waals surface area contributed by atoms with E-state index in [1.54, 1.807) is 0 Å². The second-order valence-electron chi connectivity index (χ2n) is 17.9. The Morgan fingerprint density at radius 2 is 1.48 bits per heavy atom. The van der Waals surface area contributed by atoms with E-state index in [0.717, 1.165) is 44.9 Å². The van der Waals surface area contributed by atoms with Crippen molar-refractivity contribution in [1.29, 1.82) is 0 Å². The lowest BCUT2D eigenvalue weighted by Gasteiger charge is -2.72. The first kappa shape index (κ1) is 33.3. The standard InChI is InChI=1S/C36H60O8/c1-31(2)14-15-32(3)16-17-35(6)20(25(32)29(31)42)8-9-23-33(4)12-11-24(34(5,19-38)22(33)10-13-36(23,35)7)44-30-28(41)27(40)26(39)21(18-37)43-30/h8,21-30,37-42H,9-19H2,1-7H3/t21-,22-,23-,24+,25-,26-,27+,28-,29-,30+,32-,33+,34-,35-,36-/m1/s1. The first-order valence-corrected chi connectivity index (χ1v) is 17.4. The van der Waals surface area contributed by atoms with Gasteiger partial charge in [-0.1, -0.05) is 60.1 Å². The molecule has 8 nitrogen and oxygen atoms in total. The second-order valence-corrected chi connectivity index (χ2v) is 17.9. The summed E-state index contributed by atoms with van der Waals surface area (Å²) in [6.45, 7) is 15.9. The van der Waals surface area contributed by atoms with Crippen LogP contribution >= 0.6 is 0 Å². The van der Waals surface area contributed by atoms with Crippen molar-refractivity contribution in [3.05, 3.63) is 11.6 Å². The first-order valence-electron chi connectivity index (χ1n) is 17.4. The number of fused-ring (bicyclic) bond motifs is 7. The molecule has 1 heterocycles. The van der Waals surface area contributed by atoms with Crippen molar-refractivity contribution in [3.8, 4) is 0 Å². The number of aliphatic hydroxyl groups is 6. The number of ether oxygens (including phenoxy) is 2. The summed E-state index contributed by atoms with van der Waals surface area (Å²) in [6, 6.07) is 0. The molecule has 0 spiro atoms. The summed E-state index contributed by atoms with van der Waals surface area (Å²) in [7, 11) is 0. The van der Waals surface area contributed by atoms with Crippen molar-refractivity contribution in [2.75, 3.05) is 13.2 Å². The number of rotatable bonds is 4. The molecule has 44 heavy (non-hydrogen) atoms. The average Bonchev–Trinajstić information content (AvgIpc) is 2.97. The van der Waals surface area contributed by atoms with Crippen molar-refractivity contribution in [1.82, 2.24) is 0 Å². The van der Waals surface area contributed by atoms with Crippen LogP contribution < -0.4 is 0 Å². The molecule has 0 aromatic rings. The van der Waals surface area contributed by atoms with Gasteiger partial charge in [-0.25, -0.2) is 0 Å². The van der Waals surface area contributed by atoms with E-state index in [1.807, 2.05) is 0 Å². The average molecular weight is 621 g/mol. The van der Waals surface area contributed by atoms with Crippen LogP contribution in [0.15, 0.2) is 11.6 Å². The van der Waals surface area contributed by atoms with Gasteiger partial charge in [0.1, 0.15) is 24.4 Å². The van der Waals surface area contributed by atoms with Crippen LogP contribution in [0.25, 0.3) is 0 Å². The summed E-state index contributed by atoms with van der Waals surface area (Å²) < 4.78 is 12.1. The summed E-state index contributed by atoms with van der Waals surface area (Å²) >= 11 is 0. The van der Waals surface area contributed by atoms with Gasteiger partial charge in [0.25, 0.3) is 0 Å². The molecule has 0 unspecified atom stereocenters. The number of hydrogen-bond donors (Lipinski definition) is 6. The quantitative estimate of drug-likeness (QED) is 0.205. The van der Waals surface area contributed by atoms with Gasteiger partial charge in [0.2, 0.25) is 0 Å². The van der Waals surface area contributed by atoms with E-state index in [4.69, 9.17) is 9.47 Å². The molecule has 6 rings (SSSR count). The van der Waals surface area contributed by atoms with Gasteiger partial charge in [0, 0.05) is 11.3 Å². The highest BCUT2D eigenvalue weighted by molar-refractivity contribution is 5.34. The predicted octanol–water partition coefficient (Wildman–Crippen LogP) is 3.94. The van der Waals surface area contributed by atoms with Gasteiger partial charge in [-0.3, -0.25) is 0 Å². The van der Waals surface area contributed by atoms with Crippen molar-refractivity contribution >= 4 is 0 Å². The third-order valence-electron chi connectivity index (χ3n) is 15.5. The Labute approximate surface area is 264 Å². The molecule has 252 valence electrons. The summed E-state index contributed by atoms with van der Waals surface area (Å²) in [6.07, 6.45) is 4.23. The molecule has 8 heteroatoms. The van der Waals surface area contributed by atoms with E-state index in [-0.39, 0.29) is 51.6 Å². The van der Waals surface area contributed by atoms with Crippen molar-refractivity contribution in [2.24, 2.45) is 50.2 Å². The van der Waals surface area contributed by atoms with E-state index in [2.05, 4.69) is 54.5 Å². The van der Waals surface area contributed by atoms with Gasteiger partial charge >= 0.3 is 0 Å². The molecule has 0 radical (unpaired) electrons. The third-order valence-corrected chi connectivity index (χ3v) is 15.5. The fourth-order valence-corrected chi connectivity index (χ4v) is 12.1. The fraction of sp³-hybridized carbons (Fsp3) is 0.944. The van der Waals surface area contributed by atoms with Crippen molar-refractivity contribution < 1.29 is 40.1 Å². The molecule has 1 aliphatic heterocycles. The lowest BCUT2D eigenvalue weighted by molar-refractivity contribution is -0.333. The molecule has 6 N–H and O–H groups in total. The minimum Gasteiger partial charge on any atom is -0.396 e. The van der Waals surface area contributed by atoms with Gasteiger partial charge in [-0.05, 0) is 96.7 Å². The largest absolute Gasteiger partial charge is 0.396 e. The predicted molar refractivity (Wildman–Crippen MR) is 166 cm³/mol. The van der Waals surface area contributed by atoms with Crippen molar-refractivity contribution in [2.45, 2.75) is 149 Å². The second kappa shape index (κ2) is 10.7. The molecular formula is C36H60O8. The zero-order chi connectivity index (χ0) is 32.3. The van der Waals surface area contributed by atoms with Gasteiger partial charge in [0.05, 0.1) is 25.4 Å². The molecule has 0 aromatic carbocycles. The summed E-state index contributed by atoms with van der Waals surface area (Å²) in [5.74, 6) is 0.784. The highest BCUT2D eigenvalue weighted by Crippen LogP contribution is 2.75. The number of hydrogen-bond acceptors (Lipinski definition) is 8. The smallest absolute Gasteiger partial charge is 0.186 e. The summed E-state index contributed by atoms with van der Waals surface area (Å²) in [5.41, 5.74) is 0.973. The van der Waals surface area contributed by atoms with Gasteiger partial charge < -0.3 is 40.1 Å². The Hall–Kier alpha value is -0.580. The molecule has 5 fully saturated rings. The third kappa shape index (κ3) is 4.37. The van der Waals surface area contributed by atoms with Crippen LogP contribution in [0.4, 0.5) is 0 Å². The first-order chi connectivity index (χ1) is 20.4. The van der Waals surface area contributed by atoms with E-state index >= 15 is 0 Å². The van der Waals surface area contributed by atoms with Crippen LogP contribution in [0.5, 0.6) is 0 Å². The van der Waals surface area contributed by atoms with Gasteiger partial charge in [-0.15, -0.1) is 0 Å². The highest BCUT2D eigenvalue weighted by atomic mass is 16.7. The number of aliphatic hydroxyl groups excluding tert-OH is 6. The van der Waals surface area contributed by atoms with Crippen LogP contribution in [-0.2, 0) is 9.47 Å². The fourth-order valence-electron chi connectivity index (χ4n) is 12.1. The minimum atomic E-state index is -1.50. The maximum Gasteiger partial charge on any atom is 0.186 e. The van der Waals surface area contributed by atoms with Crippen molar-refractivity contribution in [3.63, 3.8) is 0 Å². The molecule has 6 aliphatic rings. The van der Waals surface area contributed by atoms with E-state index in [0.29, 0.717) is 12.3 Å². The molecule has 0 bridgehead atoms. The molecular weight excluding hydrogens is 560 g/mol. The summed E-state index contributed by atoms with van der Waals surface area (Å²) in [5, 5.41) is 64.0. The van der Waals surface area contributed by atoms with Gasteiger partial charge in [-0.2, -0.15) is 0 Å². The van der Waals surface area contributed by atoms with Crippen LogP contribution in [0.1, 0.15) is 106 Å². The Morgan fingerprint density at radius 1 is 0.795 bits per heavy atom. The molecule has 4 saturated carbocycles. The topological polar surface area (TPSA) is 140 Å². The SMILES string of the molecule is CC1(C)CC[C@]2(C)CC[C@]3(C)C(=CC[C@@H]4[C@@]5(C)CC[C@H](O[C@@H]6O[C@H](CO)[C@@H](O)[C@H](O)[C@H]6O)[C@](C)(CO)[C@@H]5CC[C@]43C)[C@@H]2[C@H]1O. The monoisotopic (exact) mass is 620 g/mol. The maximum atomic E-state index is 11.9. The Bertz CT molecular complexity index is 1140. The van der Waals surface area contributed by atoms with Crippen LogP contribution in [-0.4, -0.2) is 86.8 Å². The lowest BCUT2D eigenvalue weighted by atomic mass is 9.33. The Balaban J connectivity index is 1.31. The van der Waals surface area contributed by atoms with E-state index in [1.165, 1.54) is 12.0 Å². The number of allylic oxidation sites excluding steroid dienone is 1. The zero-order valence-electron chi connectivity index (χ0n) is 28.1.